The molecule has 1 heterocycles. The molecular formula is C15H17BrFNO. The molecule has 2 nitrogen and oxygen atoms in total. The Kier molecular flexibility index (Phi) is 5.16. The number of furan rings is 1. The molecule has 1 atom stereocenters. The summed E-state index contributed by atoms with van der Waals surface area (Å²) in [6.07, 6.45) is 3.41. The van der Waals surface area contributed by atoms with E-state index in [9.17, 15) is 4.39 Å². The van der Waals surface area contributed by atoms with Crippen LogP contribution in [0.5, 0.6) is 0 Å². The molecule has 0 spiro atoms. The maximum absolute atomic E-state index is 13.6. The van der Waals surface area contributed by atoms with E-state index in [1.54, 1.807) is 18.4 Å². The highest BCUT2D eigenvalue weighted by molar-refractivity contribution is 9.10. The Hall–Kier alpha value is -1.13. The van der Waals surface area contributed by atoms with Crippen LogP contribution in [-0.4, -0.2) is 6.54 Å². The number of hydrogen-bond acceptors (Lipinski definition) is 2. The lowest BCUT2D eigenvalue weighted by atomic mass is 10.0. The smallest absolute Gasteiger partial charge is 0.137 e. The first kappa shape index (κ1) is 14.3. The van der Waals surface area contributed by atoms with Crippen LogP contribution < -0.4 is 5.32 Å². The molecule has 0 radical (unpaired) electrons. The van der Waals surface area contributed by atoms with E-state index in [1.165, 1.54) is 0 Å². The average Bonchev–Trinajstić information content (AvgIpc) is 2.91. The van der Waals surface area contributed by atoms with E-state index < -0.39 is 0 Å². The van der Waals surface area contributed by atoms with E-state index in [2.05, 4.69) is 28.2 Å². The molecule has 0 saturated heterocycles. The van der Waals surface area contributed by atoms with Crippen molar-refractivity contribution in [2.75, 3.05) is 6.54 Å². The molecule has 1 unspecified atom stereocenters. The van der Waals surface area contributed by atoms with Crippen LogP contribution in [0, 0.1) is 5.82 Å². The average molecular weight is 326 g/mol. The third-order valence-corrected chi connectivity index (χ3v) is 3.62. The van der Waals surface area contributed by atoms with Gasteiger partial charge in [0, 0.05) is 12.5 Å². The highest BCUT2D eigenvalue weighted by Gasteiger charge is 2.14. The molecule has 2 aromatic rings. The molecule has 19 heavy (non-hydrogen) atoms. The van der Waals surface area contributed by atoms with Gasteiger partial charge in [-0.2, -0.15) is 0 Å². The molecule has 0 saturated carbocycles. The maximum Gasteiger partial charge on any atom is 0.137 e. The molecule has 102 valence electrons. The lowest BCUT2D eigenvalue weighted by Gasteiger charge is -2.18. The first-order chi connectivity index (χ1) is 9.20. The lowest BCUT2D eigenvalue weighted by molar-refractivity contribution is 0.447. The summed E-state index contributed by atoms with van der Waals surface area (Å²) in [7, 11) is 0. The highest BCUT2D eigenvalue weighted by atomic mass is 79.9. The van der Waals surface area contributed by atoms with Gasteiger partial charge in [-0.05, 0) is 58.7 Å². The first-order valence-corrected chi connectivity index (χ1v) is 7.20. The van der Waals surface area contributed by atoms with Crippen molar-refractivity contribution in [2.45, 2.75) is 25.8 Å². The van der Waals surface area contributed by atoms with Gasteiger partial charge in [0.05, 0.1) is 10.7 Å². The summed E-state index contributed by atoms with van der Waals surface area (Å²) in [6, 6.07) is 9.12. The minimum absolute atomic E-state index is 0.0636. The molecule has 1 aromatic carbocycles. The van der Waals surface area contributed by atoms with Gasteiger partial charge in [-0.1, -0.05) is 13.0 Å². The van der Waals surface area contributed by atoms with Gasteiger partial charge in [-0.15, -0.1) is 0 Å². The fraction of sp³-hybridized carbons (Fsp3) is 0.333. The van der Waals surface area contributed by atoms with Gasteiger partial charge < -0.3 is 9.73 Å². The fourth-order valence-corrected chi connectivity index (χ4v) is 2.23. The monoisotopic (exact) mass is 325 g/mol. The van der Waals surface area contributed by atoms with Crippen molar-refractivity contribution < 1.29 is 8.81 Å². The van der Waals surface area contributed by atoms with Gasteiger partial charge in [0.15, 0.2) is 0 Å². The van der Waals surface area contributed by atoms with E-state index in [1.807, 2.05) is 18.2 Å². The second-order valence-electron chi connectivity index (χ2n) is 4.46. The molecule has 1 N–H and O–H groups in total. The Morgan fingerprint density at radius 3 is 2.84 bits per heavy atom. The summed E-state index contributed by atoms with van der Waals surface area (Å²) in [6.45, 7) is 3.00. The number of nitrogens with one attached hydrogen (secondary N) is 1. The van der Waals surface area contributed by atoms with Crippen LogP contribution in [0.25, 0.3) is 0 Å². The molecular weight excluding hydrogens is 309 g/mol. The van der Waals surface area contributed by atoms with Crippen LogP contribution >= 0.6 is 15.9 Å². The Labute approximate surface area is 121 Å². The Morgan fingerprint density at radius 2 is 2.21 bits per heavy atom. The molecule has 0 aliphatic heterocycles. The van der Waals surface area contributed by atoms with E-state index >= 15 is 0 Å². The minimum Gasteiger partial charge on any atom is -0.469 e. The van der Waals surface area contributed by atoms with Gasteiger partial charge in [0.1, 0.15) is 11.6 Å². The van der Waals surface area contributed by atoms with Gasteiger partial charge in [0.2, 0.25) is 0 Å². The highest BCUT2D eigenvalue weighted by Crippen LogP contribution is 2.23. The molecule has 1 aromatic heterocycles. The molecule has 0 aliphatic rings. The Morgan fingerprint density at radius 1 is 1.37 bits per heavy atom. The van der Waals surface area contributed by atoms with Crippen molar-refractivity contribution in [1.29, 1.82) is 0 Å². The zero-order valence-corrected chi connectivity index (χ0v) is 12.4. The Balaban J connectivity index is 2.18. The number of rotatable bonds is 6. The van der Waals surface area contributed by atoms with E-state index in [4.69, 9.17) is 4.42 Å². The first-order valence-electron chi connectivity index (χ1n) is 6.41. The normalized spacial score (nSPS) is 12.6. The van der Waals surface area contributed by atoms with Crippen molar-refractivity contribution in [2.24, 2.45) is 0 Å². The van der Waals surface area contributed by atoms with E-state index in [0.717, 1.165) is 24.3 Å². The van der Waals surface area contributed by atoms with Crippen molar-refractivity contribution >= 4 is 15.9 Å². The SMILES string of the molecule is CCCNC(Cc1ccco1)c1ccc(Br)c(F)c1. The van der Waals surface area contributed by atoms with Gasteiger partial charge in [-0.3, -0.25) is 0 Å². The standard InChI is InChI=1S/C15H17BrFNO/c1-2-7-18-15(10-12-4-3-8-19-12)11-5-6-13(16)14(17)9-11/h3-6,8-9,15,18H,2,7,10H2,1H3. The molecule has 4 heteroatoms. The van der Waals surface area contributed by atoms with Crippen LogP contribution in [0.1, 0.15) is 30.7 Å². The van der Waals surface area contributed by atoms with Crippen LogP contribution in [0.2, 0.25) is 0 Å². The zero-order chi connectivity index (χ0) is 13.7. The molecule has 0 bridgehead atoms. The van der Waals surface area contributed by atoms with Gasteiger partial charge >= 0.3 is 0 Å². The third kappa shape index (κ3) is 3.91. The van der Waals surface area contributed by atoms with Crippen LogP contribution in [-0.2, 0) is 6.42 Å². The molecule has 2 rings (SSSR count). The summed E-state index contributed by atoms with van der Waals surface area (Å²) in [5, 5.41) is 3.43. The lowest BCUT2D eigenvalue weighted by Crippen LogP contribution is -2.24. The largest absolute Gasteiger partial charge is 0.469 e. The quantitative estimate of drug-likeness (QED) is 0.847. The van der Waals surface area contributed by atoms with Crippen molar-refractivity contribution in [3.63, 3.8) is 0 Å². The van der Waals surface area contributed by atoms with E-state index in [0.29, 0.717) is 10.9 Å². The summed E-state index contributed by atoms with van der Waals surface area (Å²) in [5.41, 5.74) is 0.936. The van der Waals surface area contributed by atoms with Gasteiger partial charge in [0.25, 0.3) is 0 Å². The van der Waals surface area contributed by atoms with Crippen molar-refractivity contribution in [1.82, 2.24) is 5.32 Å². The molecule has 0 fully saturated rings. The van der Waals surface area contributed by atoms with Crippen LogP contribution in [0.3, 0.4) is 0 Å². The van der Waals surface area contributed by atoms with Crippen LogP contribution in [0.4, 0.5) is 4.39 Å². The maximum atomic E-state index is 13.6. The van der Waals surface area contributed by atoms with Crippen molar-refractivity contribution in [3.05, 3.63) is 58.2 Å². The predicted molar refractivity (Wildman–Crippen MR) is 77.5 cm³/mol. The zero-order valence-electron chi connectivity index (χ0n) is 10.8. The van der Waals surface area contributed by atoms with E-state index in [-0.39, 0.29) is 11.9 Å². The van der Waals surface area contributed by atoms with Gasteiger partial charge in [-0.25, -0.2) is 4.39 Å². The minimum atomic E-state index is -0.236. The molecule has 0 aliphatic carbocycles. The second kappa shape index (κ2) is 6.87. The number of hydrogen-bond donors (Lipinski definition) is 1. The summed E-state index contributed by atoms with van der Waals surface area (Å²) < 4.78 is 19.5. The predicted octanol–water partition coefficient (Wildman–Crippen LogP) is 4.46. The van der Waals surface area contributed by atoms with Crippen molar-refractivity contribution in [3.8, 4) is 0 Å². The Bertz CT molecular complexity index is 513. The fourth-order valence-electron chi connectivity index (χ4n) is 1.99. The summed E-state index contributed by atoms with van der Waals surface area (Å²) in [5.74, 6) is 0.664. The third-order valence-electron chi connectivity index (χ3n) is 2.97. The number of benzene rings is 1. The molecule has 0 amide bonds. The second-order valence-corrected chi connectivity index (χ2v) is 5.32. The summed E-state index contributed by atoms with van der Waals surface area (Å²) >= 11 is 3.18. The summed E-state index contributed by atoms with van der Waals surface area (Å²) in [4.78, 5) is 0. The van der Waals surface area contributed by atoms with Crippen LogP contribution in [0.15, 0.2) is 45.5 Å². The number of halogens is 2. The topological polar surface area (TPSA) is 25.2 Å².